The molecule has 2 aromatic rings. The molecule has 158 valence electrons. The third-order valence-corrected chi connectivity index (χ3v) is 5.56. The number of anilines is 2. The minimum absolute atomic E-state index is 0.0989. The molecule has 30 heavy (non-hydrogen) atoms. The van der Waals surface area contributed by atoms with Crippen LogP contribution in [0.15, 0.2) is 18.2 Å². The van der Waals surface area contributed by atoms with Crippen LogP contribution in [0, 0.1) is 11.3 Å². The molecule has 0 radical (unpaired) electrons. The van der Waals surface area contributed by atoms with Gasteiger partial charge in [0, 0.05) is 25.7 Å². The average molecular weight is 418 g/mol. The lowest BCUT2D eigenvalue weighted by molar-refractivity contribution is -0.137. The third kappa shape index (κ3) is 3.73. The number of alkyl halides is 3. The molecule has 0 amide bonds. The lowest BCUT2D eigenvalue weighted by Gasteiger charge is -2.41. The van der Waals surface area contributed by atoms with Gasteiger partial charge in [-0.25, -0.2) is 0 Å². The molecule has 3 heterocycles. The second kappa shape index (κ2) is 7.65. The molecule has 1 aromatic heterocycles. The van der Waals surface area contributed by atoms with E-state index in [9.17, 15) is 18.3 Å². The molecular formula is C20H21F3N6O. The molecule has 0 saturated carbocycles. The fourth-order valence-corrected chi connectivity index (χ4v) is 4.20. The summed E-state index contributed by atoms with van der Waals surface area (Å²) in [5, 5.41) is 30.7. The monoisotopic (exact) mass is 418 g/mol. The van der Waals surface area contributed by atoms with Crippen molar-refractivity contribution in [1.82, 2.24) is 15.1 Å². The van der Waals surface area contributed by atoms with Crippen LogP contribution in [0.1, 0.15) is 24.0 Å². The van der Waals surface area contributed by atoms with Crippen LogP contribution in [0.25, 0.3) is 11.3 Å². The number of piperidine rings is 1. The number of hydrogen-bond donors (Lipinski definition) is 2. The normalized spacial score (nSPS) is 19.7. The highest BCUT2D eigenvalue weighted by molar-refractivity contribution is 5.78. The van der Waals surface area contributed by atoms with Crippen molar-refractivity contribution in [1.29, 1.82) is 5.26 Å². The van der Waals surface area contributed by atoms with Crippen molar-refractivity contribution >= 4 is 11.5 Å². The molecular weight excluding hydrogens is 397 g/mol. The maximum Gasteiger partial charge on any atom is 0.417 e. The molecule has 2 N–H and O–H groups in total. The van der Waals surface area contributed by atoms with Crippen LogP contribution in [-0.4, -0.2) is 59.5 Å². The van der Waals surface area contributed by atoms with Crippen LogP contribution < -0.4 is 10.2 Å². The topological polar surface area (TPSA) is 88.3 Å². The summed E-state index contributed by atoms with van der Waals surface area (Å²) in [5.41, 5.74) is -1.39. The van der Waals surface area contributed by atoms with E-state index in [1.165, 1.54) is 6.07 Å². The zero-order chi connectivity index (χ0) is 21.5. The van der Waals surface area contributed by atoms with Crippen LogP contribution in [0.5, 0.6) is 5.75 Å². The number of hydrogen-bond acceptors (Lipinski definition) is 7. The van der Waals surface area contributed by atoms with Gasteiger partial charge in [-0.3, -0.25) is 0 Å². The van der Waals surface area contributed by atoms with Crippen molar-refractivity contribution < 1.29 is 18.3 Å². The lowest BCUT2D eigenvalue weighted by atomic mass is 9.99. The van der Waals surface area contributed by atoms with E-state index in [-0.39, 0.29) is 17.3 Å². The summed E-state index contributed by atoms with van der Waals surface area (Å²) in [7, 11) is 2.07. The van der Waals surface area contributed by atoms with Crippen molar-refractivity contribution in [3.63, 3.8) is 0 Å². The van der Waals surface area contributed by atoms with E-state index in [4.69, 9.17) is 5.26 Å². The Hall–Kier alpha value is -3.06. The zero-order valence-corrected chi connectivity index (χ0v) is 16.4. The number of phenols is 1. The van der Waals surface area contributed by atoms with Crippen molar-refractivity contribution in [3.8, 4) is 23.1 Å². The first-order valence-corrected chi connectivity index (χ1v) is 9.69. The number of nitriles is 1. The highest BCUT2D eigenvalue weighted by Gasteiger charge is 2.37. The Balaban J connectivity index is 1.76. The maximum atomic E-state index is 13.6. The Morgan fingerprint density at radius 2 is 2.03 bits per heavy atom. The van der Waals surface area contributed by atoms with Crippen LogP contribution >= 0.6 is 0 Å². The first kappa shape index (κ1) is 20.2. The molecule has 7 nitrogen and oxygen atoms in total. The molecule has 2 aliphatic rings. The number of nitrogens with zero attached hydrogens (tertiary/aromatic N) is 5. The summed E-state index contributed by atoms with van der Waals surface area (Å²) in [4.78, 5) is 4.41. The Labute approximate surface area is 171 Å². The van der Waals surface area contributed by atoms with Crippen LogP contribution in [-0.2, 0) is 6.18 Å². The molecule has 2 aliphatic heterocycles. The summed E-state index contributed by atoms with van der Waals surface area (Å²) in [5.74, 6) is -0.0517. The number of aromatic nitrogens is 2. The number of likely N-dealkylation sites (tertiary alicyclic amines) is 1. The lowest BCUT2D eigenvalue weighted by Crippen LogP contribution is -2.50. The Bertz CT molecular complexity index is 1000. The molecule has 0 bridgehead atoms. The molecule has 1 aromatic carbocycles. The Kier molecular flexibility index (Phi) is 5.15. The molecule has 4 rings (SSSR count). The second-order valence-corrected chi connectivity index (χ2v) is 7.67. The van der Waals surface area contributed by atoms with Gasteiger partial charge in [-0.05, 0) is 44.6 Å². The summed E-state index contributed by atoms with van der Waals surface area (Å²) >= 11 is 0. The number of rotatable bonds is 2. The number of aromatic hydroxyl groups is 1. The van der Waals surface area contributed by atoms with Crippen molar-refractivity contribution in [2.24, 2.45) is 0 Å². The number of halogens is 3. The average Bonchev–Trinajstić information content (AvgIpc) is 2.71. The van der Waals surface area contributed by atoms with Gasteiger partial charge in [0.05, 0.1) is 34.1 Å². The van der Waals surface area contributed by atoms with E-state index >= 15 is 0 Å². The Morgan fingerprint density at radius 3 is 2.73 bits per heavy atom. The van der Waals surface area contributed by atoms with Gasteiger partial charge < -0.3 is 20.2 Å². The molecule has 1 fully saturated rings. The van der Waals surface area contributed by atoms with Crippen LogP contribution in [0.4, 0.5) is 24.7 Å². The smallest absolute Gasteiger partial charge is 0.417 e. The number of benzene rings is 1. The van der Waals surface area contributed by atoms with E-state index in [2.05, 4.69) is 32.4 Å². The zero-order valence-electron chi connectivity index (χ0n) is 16.4. The number of fused-ring (bicyclic) bond motifs is 1. The summed E-state index contributed by atoms with van der Waals surface area (Å²) < 4.78 is 40.8. The van der Waals surface area contributed by atoms with Crippen LogP contribution in [0.3, 0.4) is 0 Å². The van der Waals surface area contributed by atoms with Gasteiger partial charge in [0.15, 0.2) is 5.82 Å². The van der Waals surface area contributed by atoms with Crippen molar-refractivity contribution in [2.45, 2.75) is 25.1 Å². The largest absolute Gasteiger partial charge is 0.507 e. The predicted octanol–water partition coefficient (Wildman–Crippen LogP) is 3.07. The third-order valence-electron chi connectivity index (χ3n) is 5.56. The van der Waals surface area contributed by atoms with E-state index in [0.29, 0.717) is 24.1 Å². The minimum Gasteiger partial charge on any atom is -0.507 e. The molecule has 10 heteroatoms. The predicted molar refractivity (Wildman–Crippen MR) is 105 cm³/mol. The fourth-order valence-electron chi connectivity index (χ4n) is 4.20. The standard InChI is InChI=1S/C20H21F3N6O/c1-28-5-2-3-13(11-28)29-6-4-25-16-9-15(26-27-19(16)29)18-14(20(21,22)23)7-12(10-24)8-17(18)30/h7-9,13,25,30H,2-6,11H2,1H3. The van der Waals surface area contributed by atoms with Gasteiger partial charge in [0.2, 0.25) is 0 Å². The van der Waals surface area contributed by atoms with Crippen LogP contribution in [0.2, 0.25) is 0 Å². The molecule has 1 atom stereocenters. The number of likely N-dealkylation sites (N-methyl/N-ethyl adjacent to an activating group) is 1. The highest BCUT2D eigenvalue weighted by atomic mass is 19.4. The maximum absolute atomic E-state index is 13.6. The van der Waals surface area contributed by atoms with E-state index in [0.717, 1.165) is 38.5 Å². The van der Waals surface area contributed by atoms with Gasteiger partial charge in [-0.15, -0.1) is 10.2 Å². The molecule has 0 spiro atoms. The van der Waals surface area contributed by atoms with Gasteiger partial charge >= 0.3 is 6.18 Å². The van der Waals surface area contributed by atoms with Crippen molar-refractivity contribution in [3.05, 3.63) is 29.3 Å². The van der Waals surface area contributed by atoms with Gasteiger partial charge in [0.25, 0.3) is 0 Å². The number of nitrogens with one attached hydrogen (secondary N) is 1. The quantitative estimate of drug-likeness (QED) is 0.775. The Morgan fingerprint density at radius 1 is 1.23 bits per heavy atom. The first-order valence-electron chi connectivity index (χ1n) is 9.69. The summed E-state index contributed by atoms with van der Waals surface area (Å²) in [6.45, 7) is 3.29. The summed E-state index contributed by atoms with van der Waals surface area (Å²) in [6, 6.07) is 5.10. The van der Waals surface area contributed by atoms with Gasteiger partial charge in [-0.2, -0.15) is 18.4 Å². The molecule has 1 unspecified atom stereocenters. The van der Waals surface area contributed by atoms with E-state index in [1.54, 1.807) is 6.07 Å². The molecule has 1 saturated heterocycles. The van der Waals surface area contributed by atoms with Crippen molar-refractivity contribution in [2.75, 3.05) is 43.4 Å². The van der Waals surface area contributed by atoms with E-state index < -0.39 is 23.1 Å². The summed E-state index contributed by atoms with van der Waals surface area (Å²) in [6.07, 6.45) is -2.68. The van der Waals surface area contributed by atoms with Gasteiger partial charge in [-0.1, -0.05) is 0 Å². The fraction of sp³-hybridized carbons (Fsp3) is 0.450. The van der Waals surface area contributed by atoms with E-state index in [1.807, 2.05) is 0 Å². The first-order chi connectivity index (χ1) is 14.3. The SMILES string of the molecule is CN1CCCC(N2CCNc3cc(-c4c(O)cc(C#N)cc4C(F)(F)F)nnc32)C1. The minimum atomic E-state index is -4.76. The highest BCUT2D eigenvalue weighted by Crippen LogP contribution is 2.43. The van der Waals surface area contributed by atoms with Gasteiger partial charge in [0.1, 0.15) is 5.75 Å². The molecule has 0 aliphatic carbocycles. The number of phenolic OH excluding ortho intramolecular Hbond substituents is 1. The second-order valence-electron chi connectivity index (χ2n) is 7.67.